The van der Waals surface area contributed by atoms with E-state index >= 15 is 0 Å². The van der Waals surface area contributed by atoms with Gasteiger partial charge in [0.1, 0.15) is 0 Å². The first-order chi connectivity index (χ1) is 6.34. The third-order valence-corrected chi connectivity index (χ3v) is 3.62. The molecule has 1 unspecified atom stereocenters. The van der Waals surface area contributed by atoms with Gasteiger partial charge in [-0.2, -0.15) is 11.8 Å². The van der Waals surface area contributed by atoms with E-state index in [9.17, 15) is 4.79 Å². The van der Waals surface area contributed by atoms with Crippen LogP contribution in [0.15, 0.2) is 0 Å². The predicted octanol–water partition coefficient (Wildman–Crippen LogP) is 1.34. The van der Waals surface area contributed by atoms with E-state index in [0.29, 0.717) is 12.1 Å². The monoisotopic (exact) mass is 200 g/mol. The molecule has 2 amide bonds. The van der Waals surface area contributed by atoms with Gasteiger partial charge in [0.2, 0.25) is 0 Å². The third kappa shape index (κ3) is 3.10. The molecular formula is C9H16N2OS. The summed E-state index contributed by atoms with van der Waals surface area (Å²) in [6.45, 7) is 0. The lowest BCUT2D eigenvalue weighted by atomic mass is 10.2. The molecule has 4 heteroatoms. The Morgan fingerprint density at radius 1 is 1.15 bits per heavy atom. The van der Waals surface area contributed by atoms with Gasteiger partial charge in [0.15, 0.2) is 0 Å². The van der Waals surface area contributed by atoms with Crippen molar-refractivity contribution >= 4 is 17.8 Å². The minimum atomic E-state index is 0.0370. The fourth-order valence-electron chi connectivity index (χ4n) is 1.49. The molecule has 74 valence electrons. The van der Waals surface area contributed by atoms with E-state index in [2.05, 4.69) is 10.6 Å². The molecule has 2 rings (SSSR count). The SMILES string of the molecule is O=C(NC1CC1)NC1CCCSC1. The molecule has 0 aromatic carbocycles. The van der Waals surface area contributed by atoms with Crippen LogP contribution in [0.5, 0.6) is 0 Å². The van der Waals surface area contributed by atoms with Crippen molar-refractivity contribution in [2.45, 2.75) is 37.8 Å². The normalized spacial score (nSPS) is 28.2. The summed E-state index contributed by atoms with van der Waals surface area (Å²) in [6, 6.07) is 0.906. The molecule has 2 aliphatic rings. The smallest absolute Gasteiger partial charge is 0.315 e. The van der Waals surface area contributed by atoms with Gasteiger partial charge in [-0.05, 0) is 31.4 Å². The zero-order valence-corrected chi connectivity index (χ0v) is 8.53. The number of urea groups is 1. The molecule has 13 heavy (non-hydrogen) atoms. The van der Waals surface area contributed by atoms with E-state index in [1.54, 1.807) is 0 Å². The maximum absolute atomic E-state index is 11.3. The molecule has 1 saturated heterocycles. The maximum Gasteiger partial charge on any atom is 0.315 e. The highest BCUT2D eigenvalue weighted by Crippen LogP contribution is 2.19. The van der Waals surface area contributed by atoms with Crippen molar-refractivity contribution in [3.05, 3.63) is 0 Å². The van der Waals surface area contributed by atoms with Crippen molar-refractivity contribution in [1.29, 1.82) is 0 Å². The van der Waals surface area contributed by atoms with Crippen LogP contribution in [0, 0.1) is 0 Å². The molecule has 0 aromatic heterocycles. The molecular weight excluding hydrogens is 184 g/mol. The predicted molar refractivity (Wildman–Crippen MR) is 55.0 cm³/mol. The average Bonchev–Trinajstić information content (AvgIpc) is 2.90. The van der Waals surface area contributed by atoms with Gasteiger partial charge < -0.3 is 10.6 Å². The Labute approximate surface area is 83.0 Å². The summed E-state index contributed by atoms with van der Waals surface area (Å²) >= 11 is 1.94. The van der Waals surface area contributed by atoms with Crippen LogP contribution in [0.2, 0.25) is 0 Å². The van der Waals surface area contributed by atoms with E-state index in [0.717, 1.165) is 25.0 Å². The van der Waals surface area contributed by atoms with Crippen LogP contribution in [0.3, 0.4) is 0 Å². The van der Waals surface area contributed by atoms with Crippen molar-refractivity contribution in [2.75, 3.05) is 11.5 Å². The molecule has 1 aliphatic carbocycles. The molecule has 1 aliphatic heterocycles. The van der Waals surface area contributed by atoms with Gasteiger partial charge in [-0.15, -0.1) is 0 Å². The number of thioether (sulfide) groups is 1. The van der Waals surface area contributed by atoms with Gasteiger partial charge in [-0.25, -0.2) is 4.79 Å². The Morgan fingerprint density at radius 2 is 1.92 bits per heavy atom. The second-order valence-electron chi connectivity index (χ2n) is 3.81. The summed E-state index contributed by atoms with van der Waals surface area (Å²) in [7, 11) is 0. The lowest BCUT2D eigenvalue weighted by Crippen LogP contribution is -2.44. The van der Waals surface area contributed by atoms with Gasteiger partial charge >= 0.3 is 6.03 Å². The first-order valence-corrected chi connectivity index (χ1v) is 6.15. The van der Waals surface area contributed by atoms with Crippen molar-refractivity contribution in [3.63, 3.8) is 0 Å². The summed E-state index contributed by atoms with van der Waals surface area (Å²) in [5, 5.41) is 5.96. The van der Waals surface area contributed by atoms with Crippen molar-refractivity contribution in [2.24, 2.45) is 0 Å². The fourth-order valence-corrected chi connectivity index (χ4v) is 2.57. The third-order valence-electron chi connectivity index (χ3n) is 2.41. The standard InChI is InChI=1S/C9H16N2OS/c12-9(10-7-3-4-7)11-8-2-1-5-13-6-8/h7-8H,1-6H2,(H2,10,11,12). The van der Waals surface area contributed by atoms with Crippen LogP contribution < -0.4 is 10.6 Å². The van der Waals surface area contributed by atoms with Crippen LogP contribution in [-0.4, -0.2) is 29.6 Å². The minimum Gasteiger partial charge on any atom is -0.335 e. The lowest BCUT2D eigenvalue weighted by Gasteiger charge is -2.22. The highest BCUT2D eigenvalue weighted by molar-refractivity contribution is 7.99. The van der Waals surface area contributed by atoms with Gasteiger partial charge in [0, 0.05) is 17.8 Å². The Morgan fingerprint density at radius 3 is 2.54 bits per heavy atom. The number of carbonyl (C=O) groups excluding carboxylic acids is 1. The van der Waals surface area contributed by atoms with Gasteiger partial charge in [0.25, 0.3) is 0 Å². The van der Waals surface area contributed by atoms with Crippen molar-refractivity contribution in [1.82, 2.24) is 10.6 Å². The van der Waals surface area contributed by atoms with Crippen LogP contribution in [0.1, 0.15) is 25.7 Å². The number of carbonyl (C=O) groups is 1. The number of hydrogen-bond donors (Lipinski definition) is 2. The molecule has 2 N–H and O–H groups in total. The molecule has 0 radical (unpaired) electrons. The van der Waals surface area contributed by atoms with Crippen LogP contribution in [-0.2, 0) is 0 Å². The first kappa shape index (κ1) is 9.19. The minimum absolute atomic E-state index is 0.0370. The second kappa shape index (κ2) is 4.22. The molecule has 0 aromatic rings. The molecule has 3 nitrogen and oxygen atoms in total. The summed E-state index contributed by atoms with van der Waals surface area (Å²) in [5.74, 6) is 2.33. The maximum atomic E-state index is 11.3. The van der Waals surface area contributed by atoms with Gasteiger partial charge in [-0.3, -0.25) is 0 Å². The largest absolute Gasteiger partial charge is 0.335 e. The number of hydrogen-bond acceptors (Lipinski definition) is 2. The Balaban J connectivity index is 1.66. The lowest BCUT2D eigenvalue weighted by molar-refractivity contribution is 0.237. The number of amides is 2. The molecule has 0 bridgehead atoms. The molecule has 1 atom stereocenters. The first-order valence-electron chi connectivity index (χ1n) is 4.99. The topological polar surface area (TPSA) is 41.1 Å². The van der Waals surface area contributed by atoms with E-state index in [1.807, 2.05) is 11.8 Å². The molecule has 1 heterocycles. The summed E-state index contributed by atoms with van der Waals surface area (Å²) in [6.07, 6.45) is 4.70. The Kier molecular flexibility index (Phi) is 2.98. The number of nitrogens with one attached hydrogen (secondary N) is 2. The fraction of sp³-hybridized carbons (Fsp3) is 0.889. The Bertz CT molecular complexity index is 188. The molecule has 2 fully saturated rings. The van der Waals surface area contributed by atoms with Gasteiger partial charge in [0.05, 0.1) is 0 Å². The van der Waals surface area contributed by atoms with Crippen molar-refractivity contribution < 1.29 is 4.79 Å². The zero-order valence-electron chi connectivity index (χ0n) is 7.71. The average molecular weight is 200 g/mol. The van der Waals surface area contributed by atoms with E-state index in [-0.39, 0.29) is 6.03 Å². The molecule has 1 saturated carbocycles. The summed E-state index contributed by atoms with van der Waals surface area (Å²) < 4.78 is 0. The Hall–Kier alpha value is -0.380. The van der Waals surface area contributed by atoms with Gasteiger partial charge in [-0.1, -0.05) is 0 Å². The van der Waals surface area contributed by atoms with Crippen LogP contribution in [0.4, 0.5) is 4.79 Å². The van der Waals surface area contributed by atoms with E-state index in [1.165, 1.54) is 12.2 Å². The quantitative estimate of drug-likeness (QED) is 0.706. The zero-order chi connectivity index (χ0) is 9.10. The highest BCUT2D eigenvalue weighted by atomic mass is 32.2. The van der Waals surface area contributed by atoms with Crippen LogP contribution >= 0.6 is 11.8 Å². The summed E-state index contributed by atoms with van der Waals surface area (Å²) in [5.41, 5.74) is 0. The second-order valence-corrected chi connectivity index (χ2v) is 4.96. The highest BCUT2D eigenvalue weighted by Gasteiger charge is 2.24. The summed E-state index contributed by atoms with van der Waals surface area (Å²) in [4.78, 5) is 11.3. The van der Waals surface area contributed by atoms with E-state index < -0.39 is 0 Å². The van der Waals surface area contributed by atoms with E-state index in [4.69, 9.17) is 0 Å². The number of rotatable bonds is 2. The van der Waals surface area contributed by atoms with Crippen molar-refractivity contribution in [3.8, 4) is 0 Å². The molecule has 0 spiro atoms. The van der Waals surface area contributed by atoms with Crippen LogP contribution in [0.25, 0.3) is 0 Å².